The number of amides is 2. The lowest BCUT2D eigenvalue weighted by Crippen LogP contribution is -2.43. The highest BCUT2D eigenvalue weighted by Crippen LogP contribution is 2.21. The van der Waals surface area contributed by atoms with Gasteiger partial charge in [-0.05, 0) is 35.2 Å². The third kappa shape index (κ3) is 3.56. The van der Waals surface area contributed by atoms with Gasteiger partial charge in [-0.1, -0.05) is 0 Å². The van der Waals surface area contributed by atoms with Crippen LogP contribution in [0.4, 0.5) is 0 Å². The summed E-state index contributed by atoms with van der Waals surface area (Å²) in [6.45, 7) is 1.57. The zero-order chi connectivity index (χ0) is 17.1. The van der Waals surface area contributed by atoms with Crippen LogP contribution in [0.3, 0.4) is 0 Å². The minimum atomic E-state index is -0.501. The summed E-state index contributed by atoms with van der Waals surface area (Å²) in [5.41, 5.74) is 0.629. The lowest BCUT2D eigenvalue weighted by atomic mass is 9.95. The molecule has 0 spiro atoms. The van der Waals surface area contributed by atoms with E-state index in [-0.39, 0.29) is 23.6 Å². The van der Waals surface area contributed by atoms with Crippen LogP contribution in [-0.2, 0) is 11.3 Å². The molecule has 2 aromatic heterocycles. The Morgan fingerprint density at radius 3 is 2.75 bits per heavy atom. The molecule has 1 fully saturated rings. The maximum Gasteiger partial charge on any atom is 0.341 e. The Hall–Kier alpha value is -2.42. The summed E-state index contributed by atoms with van der Waals surface area (Å²) in [5.74, 6) is -0.261. The van der Waals surface area contributed by atoms with E-state index in [1.165, 1.54) is 0 Å². The summed E-state index contributed by atoms with van der Waals surface area (Å²) < 4.78 is 0. The van der Waals surface area contributed by atoms with Gasteiger partial charge >= 0.3 is 5.69 Å². The Kier molecular flexibility index (Phi) is 4.79. The van der Waals surface area contributed by atoms with Crippen molar-refractivity contribution in [3.63, 3.8) is 0 Å². The summed E-state index contributed by atoms with van der Waals surface area (Å²) in [4.78, 5) is 41.5. The van der Waals surface area contributed by atoms with Crippen LogP contribution in [0, 0.1) is 5.92 Å². The van der Waals surface area contributed by atoms with Gasteiger partial charge in [0.15, 0.2) is 0 Å². The van der Waals surface area contributed by atoms with Crippen LogP contribution in [0.15, 0.2) is 21.6 Å². The number of aromatic nitrogens is 3. The summed E-state index contributed by atoms with van der Waals surface area (Å²) >= 11 is 1.62. The predicted molar refractivity (Wildman–Crippen MR) is 88.6 cm³/mol. The number of carbonyl (C=O) groups is 2. The van der Waals surface area contributed by atoms with Crippen LogP contribution in [0.5, 0.6) is 0 Å². The molecule has 0 atom stereocenters. The Morgan fingerprint density at radius 1 is 1.42 bits per heavy atom. The minimum absolute atomic E-state index is 0.0133. The van der Waals surface area contributed by atoms with Crippen molar-refractivity contribution in [1.82, 2.24) is 25.0 Å². The van der Waals surface area contributed by atoms with Crippen LogP contribution in [0.1, 0.15) is 29.0 Å². The number of H-pyrrole nitrogens is 2. The smallest absolute Gasteiger partial charge is 0.341 e. The molecule has 2 aromatic rings. The van der Waals surface area contributed by atoms with E-state index in [0.29, 0.717) is 32.5 Å². The second-order valence-electron chi connectivity index (χ2n) is 5.92. The van der Waals surface area contributed by atoms with E-state index in [2.05, 4.69) is 15.2 Å². The molecule has 2 amide bonds. The highest BCUT2D eigenvalue weighted by molar-refractivity contribution is 7.07. The van der Waals surface area contributed by atoms with E-state index in [0.717, 1.165) is 5.56 Å². The van der Waals surface area contributed by atoms with E-state index in [1.807, 2.05) is 23.9 Å². The molecule has 8 nitrogen and oxygen atoms in total. The second kappa shape index (κ2) is 7.00. The lowest BCUT2D eigenvalue weighted by Gasteiger charge is -2.32. The van der Waals surface area contributed by atoms with Crippen LogP contribution in [0.25, 0.3) is 0 Å². The summed E-state index contributed by atoms with van der Waals surface area (Å²) in [5, 5.41) is 9.87. The van der Waals surface area contributed by atoms with Gasteiger partial charge in [0.25, 0.3) is 5.91 Å². The molecule has 0 bridgehead atoms. The molecule has 1 saturated heterocycles. The van der Waals surface area contributed by atoms with E-state index in [1.54, 1.807) is 21.1 Å². The first kappa shape index (κ1) is 16.4. The molecule has 128 valence electrons. The van der Waals surface area contributed by atoms with Crippen molar-refractivity contribution in [2.45, 2.75) is 19.4 Å². The van der Waals surface area contributed by atoms with Crippen LogP contribution in [-0.4, -0.2) is 56.9 Å². The predicted octanol–water partition coefficient (Wildman–Crippen LogP) is 0.670. The molecule has 3 heterocycles. The average molecular weight is 349 g/mol. The third-order valence-electron chi connectivity index (χ3n) is 4.21. The molecule has 24 heavy (non-hydrogen) atoms. The van der Waals surface area contributed by atoms with Crippen molar-refractivity contribution in [3.8, 4) is 0 Å². The summed E-state index contributed by atoms with van der Waals surface area (Å²) in [6.07, 6.45) is 1.24. The Morgan fingerprint density at radius 2 is 2.17 bits per heavy atom. The number of carbonyl (C=O) groups excluding carboxylic acids is 2. The standard InChI is InChI=1S/C15H19N5O3S/c1-19(8-10-4-7-24-9-10)13(21)11-2-5-20(6-3-11)14(22)12-16-15(23)18-17-12/h4,7,9,11H,2-3,5-6,8H2,1H3,(H2,16,17,18,23). The lowest BCUT2D eigenvalue weighted by molar-refractivity contribution is -0.136. The van der Waals surface area contributed by atoms with Crippen molar-refractivity contribution in [1.29, 1.82) is 0 Å². The van der Waals surface area contributed by atoms with E-state index in [9.17, 15) is 14.4 Å². The van der Waals surface area contributed by atoms with Crippen molar-refractivity contribution in [2.24, 2.45) is 5.92 Å². The van der Waals surface area contributed by atoms with Gasteiger partial charge in [0, 0.05) is 32.6 Å². The Balaban J connectivity index is 1.53. The number of hydrogen-bond donors (Lipinski definition) is 2. The van der Waals surface area contributed by atoms with Gasteiger partial charge in [-0.15, -0.1) is 5.10 Å². The number of rotatable bonds is 4. The van der Waals surface area contributed by atoms with Gasteiger partial charge in [0.05, 0.1) is 0 Å². The van der Waals surface area contributed by atoms with Gasteiger partial charge in [-0.2, -0.15) is 11.3 Å². The van der Waals surface area contributed by atoms with Gasteiger partial charge < -0.3 is 9.80 Å². The first-order chi connectivity index (χ1) is 11.5. The van der Waals surface area contributed by atoms with Gasteiger partial charge in [0.1, 0.15) is 0 Å². The fourth-order valence-corrected chi connectivity index (χ4v) is 3.56. The molecule has 9 heteroatoms. The molecule has 0 radical (unpaired) electrons. The number of nitrogens with one attached hydrogen (secondary N) is 2. The fourth-order valence-electron chi connectivity index (χ4n) is 2.90. The van der Waals surface area contributed by atoms with Crippen molar-refractivity contribution < 1.29 is 9.59 Å². The molecule has 0 aromatic carbocycles. The molecule has 0 unspecified atom stereocenters. The quantitative estimate of drug-likeness (QED) is 0.847. The Bertz CT molecular complexity index is 758. The first-order valence-corrected chi connectivity index (χ1v) is 8.69. The minimum Gasteiger partial charge on any atom is -0.341 e. The van der Waals surface area contributed by atoms with Crippen LogP contribution < -0.4 is 5.69 Å². The highest BCUT2D eigenvalue weighted by Gasteiger charge is 2.30. The molecular weight excluding hydrogens is 330 g/mol. The number of hydrogen-bond acceptors (Lipinski definition) is 5. The van der Waals surface area contributed by atoms with Gasteiger partial charge in [-0.3, -0.25) is 14.6 Å². The highest BCUT2D eigenvalue weighted by atomic mass is 32.1. The van der Waals surface area contributed by atoms with E-state index >= 15 is 0 Å². The second-order valence-corrected chi connectivity index (χ2v) is 6.70. The van der Waals surface area contributed by atoms with Gasteiger partial charge in [0.2, 0.25) is 11.7 Å². The normalized spacial score (nSPS) is 15.5. The number of thiophene rings is 1. The molecule has 1 aliphatic heterocycles. The van der Waals surface area contributed by atoms with Crippen LogP contribution >= 0.6 is 11.3 Å². The molecule has 0 aliphatic carbocycles. The SMILES string of the molecule is CN(Cc1ccsc1)C(=O)C1CCN(C(=O)c2n[nH]c(=O)[nH]2)CC1. The maximum atomic E-state index is 12.5. The van der Waals surface area contributed by atoms with Gasteiger partial charge in [-0.25, -0.2) is 9.89 Å². The zero-order valence-electron chi connectivity index (χ0n) is 13.3. The monoisotopic (exact) mass is 349 g/mol. The topological polar surface area (TPSA) is 102 Å². The largest absolute Gasteiger partial charge is 0.341 e. The maximum absolute atomic E-state index is 12.5. The number of aromatic amines is 2. The third-order valence-corrected chi connectivity index (χ3v) is 4.94. The zero-order valence-corrected chi connectivity index (χ0v) is 14.1. The fraction of sp³-hybridized carbons (Fsp3) is 0.467. The van der Waals surface area contributed by atoms with Crippen LogP contribution in [0.2, 0.25) is 0 Å². The van der Waals surface area contributed by atoms with Crippen molar-refractivity contribution in [3.05, 3.63) is 38.7 Å². The Labute approximate surface area is 142 Å². The number of nitrogens with zero attached hydrogens (tertiary/aromatic N) is 3. The molecule has 2 N–H and O–H groups in total. The van der Waals surface area contributed by atoms with Crippen molar-refractivity contribution >= 4 is 23.2 Å². The number of likely N-dealkylation sites (tertiary alicyclic amines) is 1. The average Bonchev–Trinajstić information content (AvgIpc) is 3.25. The summed E-state index contributed by atoms with van der Waals surface area (Å²) in [7, 11) is 1.81. The molecular formula is C15H19N5O3S. The molecule has 3 rings (SSSR count). The summed E-state index contributed by atoms with van der Waals surface area (Å²) in [6, 6.07) is 2.01. The van der Waals surface area contributed by atoms with E-state index in [4.69, 9.17) is 0 Å². The molecule has 1 aliphatic rings. The van der Waals surface area contributed by atoms with E-state index < -0.39 is 5.69 Å². The van der Waals surface area contributed by atoms with Crippen molar-refractivity contribution in [2.75, 3.05) is 20.1 Å². The first-order valence-electron chi connectivity index (χ1n) is 7.74. The number of piperidine rings is 1. The molecule has 0 saturated carbocycles.